The fourth-order valence-corrected chi connectivity index (χ4v) is 2.30. The van der Waals surface area contributed by atoms with Crippen molar-refractivity contribution in [3.05, 3.63) is 64.4 Å². The first-order valence-electron chi connectivity index (χ1n) is 5.87. The van der Waals surface area contributed by atoms with Gasteiger partial charge >= 0.3 is 11.9 Å². The second-order valence-corrected chi connectivity index (χ2v) is 4.89. The molecule has 5 heteroatoms. The quantitative estimate of drug-likeness (QED) is 0.678. The molecule has 1 atom stereocenters. The van der Waals surface area contributed by atoms with Crippen LogP contribution in [0.4, 0.5) is 0 Å². The molecule has 102 valence electrons. The van der Waals surface area contributed by atoms with E-state index in [1.54, 1.807) is 23.6 Å². The number of hydrogen-bond acceptors (Lipinski definition) is 4. The fourth-order valence-electron chi connectivity index (χ4n) is 1.55. The van der Waals surface area contributed by atoms with Crippen LogP contribution in [0.1, 0.15) is 16.5 Å². The Morgan fingerprint density at radius 2 is 1.90 bits per heavy atom. The van der Waals surface area contributed by atoms with Gasteiger partial charge in [-0.15, -0.1) is 11.3 Å². The minimum Gasteiger partial charge on any atom is -0.478 e. The molecule has 0 spiro atoms. The van der Waals surface area contributed by atoms with Crippen LogP contribution in [0, 0.1) is 0 Å². The average Bonchev–Trinajstić information content (AvgIpc) is 2.97. The Balaban J connectivity index is 2.03. The molecular formula is C15H12O4S. The van der Waals surface area contributed by atoms with Gasteiger partial charge in [-0.25, -0.2) is 9.59 Å². The van der Waals surface area contributed by atoms with Crippen LogP contribution in [-0.2, 0) is 14.3 Å². The summed E-state index contributed by atoms with van der Waals surface area (Å²) >= 11 is 1.23. The Labute approximate surface area is 119 Å². The molecule has 0 aliphatic heterocycles. The lowest BCUT2D eigenvalue weighted by Crippen LogP contribution is -2.17. The maximum absolute atomic E-state index is 11.7. The molecule has 20 heavy (non-hydrogen) atoms. The van der Waals surface area contributed by atoms with E-state index in [1.807, 2.05) is 30.3 Å². The summed E-state index contributed by atoms with van der Waals surface area (Å²) in [6.07, 6.45) is 1.54. The zero-order valence-electron chi connectivity index (χ0n) is 10.4. The monoisotopic (exact) mass is 288 g/mol. The maximum Gasteiger partial charge on any atom is 0.350 e. The maximum atomic E-state index is 11.7. The summed E-state index contributed by atoms with van der Waals surface area (Å²) in [5, 5.41) is 10.8. The molecule has 0 aliphatic carbocycles. The minimum absolute atomic E-state index is 0.485. The third-order valence-corrected chi connectivity index (χ3v) is 3.39. The Morgan fingerprint density at radius 1 is 1.15 bits per heavy atom. The second-order valence-electron chi connectivity index (χ2n) is 3.91. The first kappa shape index (κ1) is 14.0. The van der Waals surface area contributed by atoms with Crippen LogP contribution in [0.15, 0.2) is 53.9 Å². The molecule has 1 N–H and O–H groups in total. The van der Waals surface area contributed by atoms with E-state index >= 15 is 0 Å². The molecule has 1 aromatic carbocycles. The van der Waals surface area contributed by atoms with Crippen molar-refractivity contribution in [2.24, 2.45) is 0 Å². The predicted octanol–water partition coefficient (Wildman–Crippen LogP) is 3.13. The largest absolute Gasteiger partial charge is 0.478 e. The molecule has 2 rings (SSSR count). The van der Waals surface area contributed by atoms with Crippen LogP contribution < -0.4 is 0 Å². The van der Waals surface area contributed by atoms with Gasteiger partial charge in [0.1, 0.15) is 0 Å². The van der Waals surface area contributed by atoms with Gasteiger partial charge in [0, 0.05) is 6.08 Å². The van der Waals surface area contributed by atoms with Crippen molar-refractivity contribution in [1.29, 1.82) is 0 Å². The van der Waals surface area contributed by atoms with Crippen molar-refractivity contribution < 1.29 is 19.4 Å². The molecule has 0 radical (unpaired) electrons. The summed E-state index contributed by atoms with van der Waals surface area (Å²) in [7, 11) is 0. The van der Waals surface area contributed by atoms with Gasteiger partial charge in [-0.05, 0) is 23.1 Å². The third kappa shape index (κ3) is 3.80. The first-order chi connectivity index (χ1) is 9.66. The molecule has 0 amide bonds. The number of rotatable bonds is 5. The highest BCUT2D eigenvalue weighted by Crippen LogP contribution is 2.23. The van der Waals surface area contributed by atoms with E-state index in [4.69, 9.17) is 9.84 Å². The van der Waals surface area contributed by atoms with Crippen molar-refractivity contribution in [2.45, 2.75) is 6.10 Å². The summed E-state index contributed by atoms with van der Waals surface area (Å²) in [5.41, 5.74) is 0.840. The van der Waals surface area contributed by atoms with Crippen molar-refractivity contribution in [1.82, 2.24) is 0 Å². The normalized spacial score (nSPS) is 12.2. The van der Waals surface area contributed by atoms with Crippen molar-refractivity contribution in [2.75, 3.05) is 0 Å². The van der Waals surface area contributed by atoms with Crippen LogP contribution >= 0.6 is 11.3 Å². The number of carbonyl (C=O) groups excluding carboxylic acids is 1. The number of carboxylic acids is 1. The number of ether oxygens (including phenoxy) is 1. The summed E-state index contributed by atoms with van der Waals surface area (Å²) in [6, 6.07) is 12.6. The number of thiophene rings is 1. The van der Waals surface area contributed by atoms with E-state index in [2.05, 4.69) is 0 Å². The molecule has 0 saturated heterocycles. The molecule has 1 unspecified atom stereocenters. The lowest BCUT2D eigenvalue weighted by molar-refractivity contribution is -0.161. The second kappa shape index (κ2) is 6.68. The molecule has 0 aliphatic rings. The summed E-state index contributed by atoms with van der Waals surface area (Å²) in [5.74, 6) is -1.87. The van der Waals surface area contributed by atoms with Crippen LogP contribution in [0.25, 0.3) is 6.08 Å². The van der Waals surface area contributed by atoms with Gasteiger partial charge in [-0.1, -0.05) is 36.4 Å². The number of carbonyl (C=O) groups is 2. The Morgan fingerprint density at radius 3 is 2.50 bits per heavy atom. The Bertz CT molecular complexity index is 602. The van der Waals surface area contributed by atoms with Gasteiger partial charge in [-0.2, -0.15) is 0 Å². The molecule has 2 aromatic rings. The van der Waals surface area contributed by atoms with Crippen LogP contribution in [0.2, 0.25) is 0 Å². The number of esters is 1. The third-order valence-electron chi connectivity index (χ3n) is 2.47. The zero-order valence-corrected chi connectivity index (χ0v) is 11.2. The number of benzene rings is 1. The van der Waals surface area contributed by atoms with E-state index in [0.717, 1.165) is 5.56 Å². The van der Waals surface area contributed by atoms with Crippen molar-refractivity contribution in [3.63, 3.8) is 0 Å². The molecular weight excluding hydrogens is 276 g/mol. The fraction of sp³-hybridized carbons (Fsp3) is 0.0667. The van der Waals surface area contributed by atoms with Crippen molar-refractivity contribution >= 4 is 29.4 Å². The van der Waals surface area contributed by atoms with Crippen LogP contribution in [0.3, 0.4) is 0 Å². The number of aliphatic carboxylic acids is 1. The minimum atomic E-state index is -1.26. The van der Waals surface area contributed by atoms with Crippen LogP contribution in [0.5, 0.6) is 0 Å². The molecule has 1 heterocycles. The summed E-state index contributed by atoms with van der Waals surface area (Å²) < 4.78 is 4.96. The number of carboxylic acid groups (broad SMARTS) is 1. The van der Waals surface area contributed by atoms with E-state index in [-0.39, 0.29) is 0 Å². The highest BCUT2D eigenvalue weighted by Gasteiger charge is 2.24. The topological polar surface area (TPSA) is 63.6 Å². The first-order valence-corrected chi connectivity index (χ1v) is 6.75. The molecule has 0 bridgehead atoms. The van der Waals surface area contributed by atoms with E-state index in [0.29, 0.717) is 4.88 Å². The Kier molecular flexibility index (Phi) is 4.68. The lowest BCUT2D eigenvalue weighted by Gasteiger charge is -2.10. The van der Waals surface area contributed by atoms with Gasteiger partial charge < -0.3 is 9.84 Å². The Hall–Kier alpha value is -2.40. The van der Waals surface area contributed by atoms with E-state index in [9.17, 15) is 9.59 Å². The van der Waals surface area contributed by atoms with E-state index in [1.165, 1.54) is 17.4 Å². The summed E-state index contributed by atoms with van der Waals surface area (Å²) in [4.78, 5) is 23.3. The highest BCUT2D eigenvalue weighted by atomic mass is 32.1. The van der Waals surface area contributed by atoms with Crippen LogP contribution in [-0.4, -0.2) is 17.0 Å². The van der Waals surface area contributed by atoms with Gasteiger partial charge in [0.2, 0.25) is 6.10 Å². The van der Waals surface area contributed by atoms with Gasteiger partial charge in [0.25, 0.3) is 0 Å². The molecule has 0 fully saturated rings. The molecule has 4 nitrogen and oxygen atoms in total. The molecule has 0 saturated carbocycles. The highest BCUT2D eigenvalue weighted by molar-refractivity contribution is 7.10. The number of hydrogen-bond donors (Lipinski definition) is 1. The smallest absolute Gasteiger partial charge is 0.350 e. The SMILES string of the molecule is O=C(/C=C/c1ccccc1)OC(C(=O)O)c1cccs1. The van der Waals surface area contributed by atoms with Gasteiger partial charge in [-0.3, -0.25) is 0 Å². The van der Waals surface area contributed by atoms with E-state index < -0.39 is 18.0 Å². The average molecular weight is 288 g/mol. The molecule has 1 aromatic heterocycles. The lowest BCUT2D eigenvalue weighted by atomic mass is 10.2. The van der Waals surface area contributed by atoms with Gasteiger partial charge in [0.05, 0.1) is 4.88 Å². The zero-order chi connectivity index (χ0) is 14.4. The van der Waals surface area contributed by atoms with Crippen molar-refractivity contribution in [3.8, 4) is 0 Å². The standard InChI is InChI=1S/C15H12O4S/c16-13(9-8-11-5-2-1-3-6-11)19-14(15(17)18)12-7-4-10-20-12/h1-10,14H,(H,17,18)/b9-8+. The van der Waals surface area contributed by atoms with Gasteiger partial charge in [0.15, 0.2) is 0 Å². The summed E-state index contributed by atoms with van der Waals surface area (Å²) in [6.45, 7) is 0. The predicted molar refractivity (Wildman–Crippen MR) is 76.3 cm³/mol.